The first-order valence-corrected chi connectivity index (χ1v) is 12.3. The molecule has 1 aliphatic heterocycles. The van der Waals surface area contributed by atoms with Crippen molar-refractivity contribution < 1.29 is 18.7 Å². The van der Waals surface area contributed by atoms with E-state index in [2.05, 4.69) is 29.5 Å². The lowest BCUT2D eigenvalue weighted by Crippen LogP contribution is -2.46. The van der Waals surface area contributed by atoms with E-state index in [4.69, 9.17) is 4.74 Å². The highest BCUT2D eigenvalue weighted by molar-refractivity contribution is 6.07. The number of hydrogen-bond acceptors (Lipinski definition) is 5. The molecule has 2 aromatic carbocycles. The molecule has 0 saturated carbocycles. The van der Waals surface area contributed by atoms with Crippen LogP contribution < -0.4 is 10.6 Å². The topological polar surface area (TPSA) is 83.6 Å². The predicted octanol–water partition coefficient (Wildman–Crippen LogP) is 6.11. The van der Waals surface area contributed by atoms with Crippen LogP contribution in [0.15, 0.2) is 60.8 Å². The van der Waals surface area contributed by atoms with Gasteiger partial charge in [0.15, 0.2) is 0 Å². The van der Waals surface area contributed by atoms with Gasteiger partial charge in [-0.25, -0.2) is 14.2 Å². The highest BCUT2D eigenvalue weighted by Gasteiger charge is 2.35. The van der Waals surface area contributed by atoms with Gasteiger partial charge in [0.25, 0.3) is 5.91 Å². The normalized spacial score (nSPS) is 14.5. The molecule has 8 heteroatoms. The maximum atomic E-state index is 13.2. The molecular weight excluding hydrogens is 471 g/mol. The van der Waals surface area contributed by atoms with E-state index in [-0.39, 0.29) is 23.2 Å². The highest BCUT2D eigenvalue weighted by Crippen LogP contribution is 2.35. The van der Waals surface area contributed by atoms with Crippen LogP contribution in [-0.4, -0.2) is 34.0 Å². The standard InChI is InChI=1S/C29H33FN4O3/c1-28(2,3)37-27(36)34-17-20-15-22(12-13-24(20)29(4,5)18-34)33-26(35)23-7-6-14-31-25(23)32-16-19-8-10-21(30)11-9-19/h6-15H,16-18H2,1-5H3,(H,31,32)(H,33,35). The van der Waals surface area contributed by atoms with Crippen molar-refractivity contribution in [2.75, 3.05) is 17.2 Å². The van der Waals surface area contributed by atoms with Gasteiger partial charge < -0.3 is 20.3 Å². The van der Waals surface area contributed by atoms with Gasteiger partial charge in [0.2, 0.25) is 0 Å². The van der Waals surface area contributed by atoms with Crippen molar-refractivity contribution in [1.82, 2.24) is 9.88 Å². The van der Waals surface area contributed by atoms with Crippen LogP contribution in [0.1, 0.15) is 61.7 Å². The van der Waals surface area contributed by atoms with Crippen molar-refractivity contribution >= 4 is 23.5 Å². The van der Waals surface area contributed by atoms with Gasteiger partial charge in [-0.3, -0.25) is 4.79 Å². The van der Waals surface area contributed by atoms with Crippen molar-refractivity contribution in [2.45, 2.75) is 58.7 Å². The lowest BCUT2D eigenvalue weighted by Gasteiger charge is -2.40. The average molecular weight is 505 g/mol. The fraction of sp³-hybridized carbons (Fsp3) is 0.345. The first-order chi connectivity index (χ1) is 17.4. The molecule has 37 heavy (non-hydrogen) atoms. The van der Waals surface area contributed by atoms with Crippen LogP contribution in [0.3, 0.4) is 0 Å². The number of carbonyl (C=O) groups is 2. The quantitative estimate of drug-likeness (QED) is 0.438. The van der Waals surface area contributed by atoms with Gasteiger partial charge >= 0.3 is 6.09 Å². The molecule has 4 rings (SSSR count). The molecule has 2 N–H and O–H groups in total. The minimum Gasteiger partial charge on any atom is -0.444 e. The minimum atomic E-state index is -0.580. The molecule has 2 amide bonds. The monoisotopic (exact) mass is 504 g/mol. The Bertz CT molecular complexity index is 1300. The summed E-state index contributed by atoms with van der Waals surface area (Å²) in [4.78, 5) is 32.0. The smallest absolute Gasteiger partial charge is 0.410 e. The number of ether oxygens (including phenoxy) is 1. The SMILES string of the molecule is CC(C)(C)OC(=O)N1Cc2cc(NC(=O)c3cccnc3NCc3ccc(F)cc3)ccc2C(C)(C)C1. The van der Waals surface area contributed by atoms with Crippen molar-refractivity contribution in [2.24, 2.45) is 0 Å². The molecule has 7 nitrogen and oxygen atoms in total. The second kappa shape index (κ2) is 10.2. The molecule has 194 valence electrons. The highest BCUT2D eigenvalue weighted by atomic mass is 19.1. The molecule has 1 aliphatic rings. The lowest BCUT2D eigenvalue weighted by molar-refractivity contribution is 0.0174. The van der Waals surface area contributed by atoms with E-state index in [1.807, 2.05) is 39.0 Å². The Hall–Kier alpha value is -3.94. The first kappa shape index (κ1) is 26.1. The van der Waals surface area contributed by atoms with Crippen LogP contribution in [0.2, 0.25) is 0 Å². The third kappa shape index (κ3) is 6.44. The summed E-state index contributed by atoms with van der Waals surface area (Å²) in [5, 5.41) is 6.12. The third-order valence-corrected chi connectivity index (χ3v) is 6.12. The summed E-state index contributed by atoms with van der Waals surface area (Å²) in [5.74, 6) is -0.183. The van der Waals surface area contributed by atoms with Gasteiger partial charge in [-0.1, -0.05) is 32.0 Å². The predicted molar refractivity (Wildman–Crippen MR) is 142 cm³/mol. The Balaban J connectivity index is 1.50. The van der Waals surface area contributed by atoms with E-state index in [0.717, 1.165) is 16.7 Å². The summed E-state index contributed by atoms with van der Waals surface area (Å²) in [5.41, 5.74) is 3.12. The Kier molecular flexibility index (Phi) is 7.21. The molecule has 1 aromatic heterocycles. The van der Waals surface area contributed by atoms with Gasteiger partial charge in [0.1, 0.15) is 17.2 Å². The van der Waals surface area contributed by atoms with Crippen LogP contribution in [-0.2, 0) is 23.2 Å². The summed E-state index contributed by atoms with van der Waals surface area (Å²) in [6, 6.07) is 15.3. The van der Waals surface area contributed by atoms with Gasteiger partial charge in [-0.05, 0) is 73.9 Å². The second-order valence-electron chi connectivity index (χ2n) is 10.9. The van der Waals surface area contributed by atoms with Gasteiger partial charge in [0, 0.05) is 36.9 Å². The molecule has 0 radical (unpaired) electrons. The van der Waals surface area contributed by atoms with Crippen molar-refractivity contribution in [3.63, 3.8) is 0 Å². The molecule has 3 aromatic rings. The number of anilines is 2. The number of fused-ring (bicyclic) bond motifs is 1. The number of halogens is 1. The Morgan fingerprint density at radius 3 is 2.54 bits per heavy atom. The number of pyridine rings is 1. The van der Waals surface area contributed by atoms with Crippen molar-refractivity contribution in [3.8, 4) is 0 Å². The Labute approximate surface area is 217 Å². The maximum Gasteiger partial charge on any atom is 0.410 e. The molecular formula is C29H33FN4O3. The molecule has 0 bridgehead atoms. The number of nitrogens with zero attached hydrogens (tertiary/aromatic N) is 2. The van der Waals surface area contributed by atoms with Gasteiger partial charge in [-0.15, -0.1) is 0 Å². The van der Waals surface area contributed by atoms with E-state index in [0.29, 0.717) is 36.7 Å². The number of carbonyl (C=O) groups excluding carboxylic acids is 2. The summed E-state index contributed by atoms with van der Waals surface area (Å²) in [6.07, 6.45) is 1.25. The molecule has 0 fully saturated rings. The number of rotatable bonds is 5. The second-order valence-corrected chi connectivity index (χ2v) is 10.9. The Morgan fingerprint density at radius 1 is 1.11 bits per heavy atom. The van der Waals surface area contributed by atoms with E-state index >= 15 is 0 Å². The summed E-state index contributed by atoms with van der Waals surface area (Å²) >= 11 is 0. The van der Waals surface area contributed by atoms with Gasteiger partial charge in [0.05, 0.1) is 5.56 Å². The van der Waals surface area contributed by atoms with E-state index < -0.39 is 5.60 Å². The number of nitrogens with one attached hydrogen (secondary N) is 2. The third-order valence-electron chi connectivity index (χ3n) is 6.12. The fourth-order valence-corrected chi connectivity index (χ4v) is 4.46. The number of benzene rings is 2. The fourth-order valence-electron chi connectivity index (χ4n) is 4.46. The van der Waals surface area contributed by atoms with E-state index in [9.17, 15) is 14.0 Å². The zero-order valence-corrected chi connectivity index (χ0v) is 21.9. The van der Waals surface area contributed by atoms with Crippen LogP contribution >= 0.6 is 0 Å². The van der Waals surface area contributed by atoms with Crippen LogP contribution in [0.25, 0.3) is 0 Å². The Morgan fingerprint density at radius 2 is 1.84 bits per heavy atom. The molecule has 2 heterocycles. The average Bonchev–Trinajstić information content (AvgIpc) is 2.82. The molecule has 0 aliphatic carbocycles. The van der Waals surface area contributed by atoms with Gasteiger partial charge in [-0.2, -0.15) is 0 Å². The first-order valence-electron chi connectivity index (χ1n) is 12.3. The zero-order valence-electron chi connectivity index (χ0n) is 21.9. The molecule has 0 saturated heterocycles. The van der Waals surface area contributed by atoms with E-state index in [1.54, 1.807) is 35.4 Å². The largest absolute Gasteiger partial charge is 0.444 e. The van der Waals surface area contributed by atoms with Crippen LogP contribution in [0, 0.1) is 5.82 Å². The summed E-state index contributed by atoms with van der Waals surface area (Å²) in [6.45, 7) is 11.1. The van der Waals surface area contributed by atoms with Crippen LogP contribution in [0.5, 0.6) is 0 Å². The molecule has 0 atom stereocenters. The minimum absolute atomic E-state index is 0.270. The molecule has 0 spiro atoms. The lowest BCUT2D eigenvalue weighted by atomic mass is 9.78. The zero-order chi connectivity index (χ0) is 26.8. The number of amides is 2. The molecule has 0 unspecified atom stereocenters. The number of hydrogen-bond donors (Lipinski definition) is 2. The van der Waals surface area contributed by atoms with Crippen molar-refractivity contribution in [1.29, 1.82) is 0 Å². The number of aromatic nitrogens is 1. The summed E-state index contributed by atoms with van der Waals surface area (Å²) < 4.78 is 18.8. The summed E-state index contributed by atoms with van der Waals surface area (Å²) in [7, 11) is 0. The maximum absolute atomic E-state index is 13.2. The van der Waals surface area contributed by atoms with Crippen molar-refractivity contribution in [3.05, 3.63) is 88.9 Å². The van der Waals surface area contributed by atoms with E-state index in [1.165, 1.54) is 12.1 Å². The van der Waals surface area contributed by atoms with Crippen LogP contribution in [0.4, 0.5) is 20.7 Å².